The second-order valence-corrected chi connectivity index (χ2v) is 6.58. The number of nitrogens with zero attached hydrogens (tertiary/aromatic N) is 3. The molecule has 4 rings (SSSR count). The molecule has 1 aromatic carbocycles. The van der Waals surface area contributed by atoms with E-state index in [0.717, 1.165) is 41.7 Å². The van der Waals surface area contributed by atoms with Crippen LogP contribution in [0.3, 0.4) is 0 Å². The van der Waals surface area contributed by atoms with E-state index >= 15 is 0 Å². The van der Waals surface area contributed by atoms with E-state index < -0.39 is 0 Å². The molecule has 0 unspecified atom stereocenters. The van der Waals surface area contributed by atoms with Crippen molar-refractivity contribution in [3.05, 3.63) is 53.8 Å². The molecule has 1 fully saturated rings. The van der Waals surface area contributed by atoms with Gasteiger partial charge in [-0.3, -0.25) is 4.79 Å². The maximum atomic E-state index is 12.9. The summed E-state index contributed by atoms with van der Waals surface area (Å²) in [6, 6.07) is 8.12. The van der Waals surface area contributed by atoms with Gasteiger partial charge in [-0.2, -0.15) is 0 Å². The number of piperidine rings is 1. The molecule has 0 saturated carbocycles. The predicted octanol–water partition coefficient (Wildman–Crippen LogP) is 3.72. The first kappa shape index (κ1) is 15.0. The summed E-state index contributed by atoms with van der Waals surface area (Å²) >= 11 is 0. The summed E-state index contributed by atoms with van der Waals surface area (Å²) in [7, 11) is 0. The molecule has 0 bridgehead atoms. The van der Waals surface area contributed by atoms with Gasteiger partial charge in [0.15, 0.2) is 5.76 Å². The molecule has 5 nitrogen and oxygen atoms in total. The molecule has 24 heavy (non-hydrogen) atoms. The number of hydrogen-bond acceptors (Lipinski definition) is 3. The molecule has 124 valence electrons. The van der Waals surface area contributed by atoms with E-state index in [1.807, 2.05) is 55.4 Å². The third-order valence-electron chi connectivity index (χ3n) is 4.82. The molecule has 0 radical (unpaired) electrons. The minimum atomic E-state index is -0.0219. The summed E-state index contributed by atoms with van der Waals surface area (Å²) in [5.41, 5.74) is 1.93. The predicted molar refractivity (Wildman–Crippen MR) is 92.1 cm³/mol. The number of fused-ring (bicyclic) bond motifs is 1. The standard InChI is InChI=1S/C19H21N3O2/c1-13-5-6-17-15(10-13)11-18(24-17)19(23)21-8-3-4-16(12-21)22-9-7-20-14(22)2/h5-7,9-11,16H,3-4,8,12H2,1-2H3/t16-/m0/s1. The van der Waals surface area contributed by atoms with E-state index in [2.05, 4.69) is 9.55 Å². The first-order valence-electron chi connectivity index (χ1n) is 8.41. The Morgan fingerprint density at radius 3 is 2.96 bits per heavy atom. The van der Waals surface area contributed by atoms with Crippen LogP contribution in [0, 0.1) is 13.8 Å². The van der Waals surface area contributed by atoms with Gasteiger partial charge >= 0.3 is 0 Å². The smallest absolute Gasteiger partial charge is 0.289 e. The number of imidazole rings is 1. The van der Waals surface area contributed by atoms with Crippen LogP contribution in [-0.2, 0) is 0 Å². The van der Waals surface area contributed by atoms with E-state index in [9.17, 15) is 4.79 Å². The van der Waals surface area contributed by atoms with Crippen molar-refractivity contribution in [1.29, 1.82) is 0 Å². The highest BCUT2D eigenvalue weighted by Crippen LogP contribution is 2.26. The van der Waals surface area contributed by atoms with E-state index in [0.29, 0.717) is 12.3 Å². The van der Waals surface area contributed by atoms with Crippen LogP contribution in [0.25, 0.3) is 11.0 Å². The number of aryl methyl sites for hydroxylation is 2. The van der Waals surface area contributed by atoms with Crippen molar-refractivity contribution in [2.45, 2.75) is 32.7 Å². The van der Waals surface area contributed by atoms with Crippen molar-refractivity contribution in [1.82, 2.24) is 14.5 Å². The number of carbonyl (C=O) groups is 1. The van der Waals surface area contributed by atoms with Crippen molar-refractivity contribution < 1.29 is 9.21 Å². The summed E-state index contributed by atoms with van der Waals surface area (Å²) in [5, 5.41) is 0.984. The number of hydrogen-bond donors (Lipinski definition) is 0. The Labute approximate surface area is 140 Å². The number of amides is 1. The molecule has 1 aliphatic heterocycles. The van der Waals surface area contributed by atoms with Crippen LogP contribution >= 0.6 is 0 Å². The van der Waals surface area contributed by atoms with Gasteiger partial charge in [-0.1, -0.05) is 11.6 Å². The average molecular weight is 323 g/mol. The third-order valence-corrected chi connectivity index (χ3v) is 4.82. The fourth-order valence-electron chi connectivity index (χ4n) is 3.56. The van der Waals surface area contributed by atoms with Crippen molar-refractivity contribution in [2.24, 2.45) is 0 Å². The van der Waals surface area contributed by atoms with Gasteiger partial charge in [-0.25, -0.2) is 4.98 Å². The zero-order valence-electron chi connectivity index (χ0n) is 14.0. The SMILES string of the molecule is Cc1ccc2oc(C(=O)N3CCC[C@H](n4ccnc4C)C3)cc2c1. The first-order chi connectivity index (χ1) is 11.6. The minimum Gasteiger partial charge on any atom is -0.451 e. The van der Waals surface area contributed by atoms with Gasteiger partial charge in [0.2, 0.25) is 0 Å². The lowest BCUT2D eigenvalue weighted by molar-refractivity contribution is 0.0648. The second kappa shape index (κ2) is 5.82. The van der Waals surface area contributed by atoms with Gasteiger partial charge in [0.05, 0.1) is 6.04 Å². The number of benzene rings is 1. The van der Waals surface area contributed by atoms with Crippen LogP contribution in [0.1, 0.15) is 40.8 Å². The molecule has 1 saturated heterocycles. The Balaban J connectivity index is 1.57. The zero-order chi connectivity index (χ0) is 16.7. The van der Waals surface area contributed by atoms with Crippen LogP contribution in [0.2, 0.25) is 0 Å². The van der Waals surface area contributed by atoms with Gasteiger partial charge in [0.1, 0.15) is 11.4 Å². The summed E-state index contributed by atoms with van der Waals surface area (Å²) in [4.78, 5) is 19.1. The second-order valence-electron chi connectivity index (χ2n) is 6.58. The molecule has 3 aromatic rings. The quantitative estimate of drug-likeness (QED) is 0.722. The first-order valence-corrected chi connectivity index (χ1v) is 8.41. The highest BCUT2D eigenvalue weighted by atomic mass is 16.3. The number of furan rings is 1. The maximum Gasteiger partial charge on any atom is 0.289 e. The largest absolute Gasteiger partial charge is 0.451 e. The Hall–Kier alpha value is -2.56. The summed E-state index contributed by atoms with van der Waals surface area (Å²) < 4.78 is 7.95. The molecule has 3 heterocycles. The Morgan fingerprint density at radius 2 is 2.17 bits per heavy atom. The number of rotatable bonds is 2. The third kappa shape index (κ3) is 2.60. The Bertz CT molecular complexity index is 893. The van der Waals surface area contributed by atoms with Crippen molar-refractivity contribution >= 4 is 16.9 Å². The molecule has 0 spiro atoms. The average Bonchev–Trinajstić information content (AvgIpc) is 3.20. The highest BCUT2D eigenvalue weighted by molar-refractivity contribution is 5.96. The summed E-state index contributed by atoms with van der Waals surface area (Å²) in [6.07, 6.45) is 5.88. The van der Waals surface area contributed by atoms with Crippen LogP contribution in [-0.4, -0.2) is 33.4 Å². The van der Waals surface area contributed by atoms with E-state index in [4.69, 9.17) is 4.42 Å². The molecule has 2 aromatic heterocycles. The molecule has 0 N–H and O–H groups in total. The lowest BCUT2D eigenvalue weighted by Gasteiger charge is -2.33. The van der Waals surface area contributed by atoms with Crippen LogP contribution < -0.4 is 0 Å². The van der Waals surface area contributed by atoms with Crippen molar-refractivity contribution in [3.8, 4) is 0 Å². The van der Waals surface area contributed by atoms with E-state index in [1.165, 1.54) is 0 Å². The lowest BCUT2D eigenvalue weighted by atomic mass is 10.0. The summed E-state index contributed by atoms with van der Waals surface area (Å²) in [6.45, 7) is 5.52. The zero-order valence-corrected chi connectivity index (χ0v) is 14.0. The fraction of sp³-hybridized carbons (Fsp3) is 0.368. The topological polar surface area (TPSA) is 51.3 Å². The number of likely N-dealkylation sites (tertiary alicyclic amines) is 1. The molecule has 5 heteroatoms. The fourth-order valence-corrected chi connectivity index (χ4v) is 3.56. The normalized spacial score (nSPS) is 18.2. The van der Waals surface area contributed by atoms with Crippen LogP contribution in [0.15, 0.2) is 41.1 Å². The van der Waals surface area contributed by atoms with Gasteiger partial charge in [-0.05, 0) is 44.9 Å². The Morgan fingerprint density at radius 1 is 1.29 bits per heavy atom. The van der Waals surface area contributed by atoms with E-state index in [1.54, 1.807) is 0 Å². The van der Waals surface area contributed by atoms with Gasteiger partial charge in [0.25, 0.3) is 5.91 Å². The molecular formula is C19H21N3O2. The minimum absolute atomic E-state index is 0.0219. The molecule has 1 amide bonds. The number of aromatic nitrogens is 2. The van der Waals surface area contributed by atoms with Crippen molar-refractivity contribution in [2.75, 3.05) is 13.1 Å². The van der Waals surface area contributed by atoms with Gasteiger partial charge in [-0.15, -0.1) is 0 Å². The highest BCUT2D eigenvalue weighted by Gasteiger charge is 2.27. The summed E-state index contributed by atoms with van der Waals surface area (Å²) in [5.74, 6) is 1.40. The number of carbonyl (C=O) groups excluding carboxylic acids is 1. The van der Waals surface area contributed by atoms with Gasteiger partial charge in [0, 0.05) is 30.9 Å². The van der Waals surface area contributed by atoms with E-state index in [-0.39, 0.29) is 11.9 Å². The monoisotopic (exact) mass is 323 g/mol. The molecule has 1 aliphatic rings. The van der Waals surface area contributed by atoms with Crippen molar-refractivity contribution in [3.63, 3.8) is 0 Å². The molecule has 1 atom stereocenters. The molecule has 0 aliphatic carbocycles. The van der Waals surface area contributed by atoms with Gasteiger partial charge < -0.3 is 13.9 Å². The maximum absolute atomic E-state index is 12.9. The van der Waals surface area contributed by atoms with Crippen LogP contribution in [0.4, 0.5) is 0 Å². The lowest BCUT2D eigenvalue weighted by Crippen LogP contribution is -2.40. The molecular weight excluding hydrogens is 302 g/mol. The Kier molecular flexibility index (Phi) is 3.63. The van der Waals surface area contributed by atoms with Crippen LogP contribution in [0.5, 0.6) is 0 Å².